The molecule has 3 aliphatic heterocycles. The van der Waals surface area contributed by atoms with Crippen molar-refractivity contribution in [3.05, 3.63) is 25.3 Å². The minimum Gasteiger partial charge on any atom is -0.465 e. The van der Waals surface area contributed by atoms with Gasteiger partial charge in [-0.05, 0) is 31.6 Å². The largest absolute Gasteiger partial charge is 0.465 e. The summed E-state index contributed by atoms with van der Waals surface area (Å²) in [5.41, 5.74) is 0. The van der Waals surface area contributed by atoms with E-state index in [-0.39, 0.29) is 47.0 Å². The van der Waals surface area contributed by atoms with Gasteiger partial charge in [-0.15, -0.1) is 24.9 Å². The predicted molar refractivity (Wildman–Crippen MR) is 151 cm³/mol. The van der Waals surface area contributed by atoms with E-state index in [9.17, 15) is 19.5 Å². The van der Waals surface area contributed by atoms with Gasteiger partial charge in [-0.1, -0.05) is 61.7 Å². The number of hydrogen-bond acceptors (Lipinski definition) is 6. The normalized spacial score (nSPS) is 30.9. The number of rotatable bonds is 15. The van der Waals surface area contributed by atoms with Crippen LogP contribution in [0.1, 0.15) is 59.3 Å². The number of unbranched alkanes of at least 4 members (excludes halogenated alkanes) is 2. The van der Waals surface area contributed by atoms with Gasteiger partial charge in [-0.3, -0.25) is 14.4 Å². The number of halogens is 1. The molecule has 3 rings (SSSR count). The number of thioether (sulfide) groups is 1. The van der Waals surface area contributed by atoms with Crippen molar-refractivity contribution in [2.75, 3.05) is 26.3 Å². The lowest BCUT2D eigenvalue weighted by Crippen LogP contribution is -2.58. The number of esters is 1. The molecule has 1 spiro atoms. The highest BCUT2D eigenvalue weighted by molar-refractivity contribution is 9.09. The molecule has 7 nitrogen and oxygen atoms in total. The van der Waals surface area contributed by atoms with Gasteiger partial charge in [0.2, 0.25) is 11.8 Å². The van der Waals surface area contributed by atoms with E-state index in [1.165, 1.54) is 0 Å². The van der Waals surface area contributed by atoms with E-state index in [4.69, 9.17) is 4.74 Å². The summed E-state index contributed by atoms with van der Waals surface area (Å²) < 4.78 is 4.83. The van der Waals surface area contributed by atoms with E-state index in [1.54, 1.807) is 33.7 Å². The maximum Gasteiger partial charge on any atom is 0.310 e. The highest BCUT2D eigenvalue weighted by Gasteiger charge is 2.76. The van der Waals surface area contributed by atoms with Crippen LogP contribution >= 0.6 is 27.7 Å². The van der Waals surface area contributed by atoms with Crippen molar-refractivity contribution in [2.45, 2.75) is 86.2 Å². The lowest BCUT2D eigenvalue weighted by Gasteiger charge is -2.40. The smallest absolute Gasteiger partial charge is 0.310 e. The number of amides is 2. The molecule has 3 aliphatic rings. The van der Waals surface area contributed by atoms with E-state index in [0.717, 1.165) is 19.3 Å². The summed E-state index contributed by atoms with van der Waals surface area (Å²) in [6.45, 7) is 14.7. The summed E-state index contributed by atoms with van der Waals surface area (Å²) in [5.74, 6) is -1.75. The van der Waals surface area contributed by atoms with E-state index < -0.39 is 28.7 Å². The minimum atomic E-state index is -0.747. The van der Waals surface area contributed by atoms with Gasteiger partial charge in [0.05, 0.1) is 35.8 Å². The van der Waals surface area contributed by atoms with Crippen molar-refractivity contribution < 1.29 is 24.2 Å². The molecular formula is C28H43BrN2O5S. The molecule has 2 amide bonds. The number of nitrogens with zero attached hydrogens (tertiary/aromatic N) is 2. The molecule has 208 valence electrons. The van der Waals surface area contributed by atoms with Crippen LogP contribution in [0.4, 0.5) is 0 Å². The lowest BCUT2D eigenvalue weighted by molar-refractivity contribution is -0.154. The first-order valence-corrected chi connectivity index (χ1v) is 15.4. The maximum absolute atomic E-state index is 14.4. The highest BCUT2D eigenvalue weighted by Crippen LogP contribution is 2.68. The molecule has 37 heavy (non-hydrogen) atoms. The van der Waals surface area contributed by atoms with E-state index in [2.05, 4.69) is 36.0 Å². The van der Waals surface area contributed by atoms with Crippen molar-refractivity contribution in [1.29, 1.82) is 0 Å². The first-order valence-electron chi connectivity index (χ1n) is 13.6. The fourth-order valence-corrected chi connectivity index (χ4v) is 9.92. The number of aliphatic hydroxyl groups excluding tert-OH is 1. The summed E-state index contributed by atoms with van der Waals surface area (Å²) in [4.78, 5) is 45.4. The Morgan fingerprint density at radius 3 is 2.65 bits per heavy atom. The number of fused-ring (bicyclic) bond motifs is 1. The molecule has 9 heteroatoms. The Morgan fingerprint density at radius 1 is 1.32 bits per heavy atom. The van der Waals surface area contributed by atoms with Crippen LogP contribution in [-0.2, 0) is 19.1 Å². The molecule has 0 aromatic rings. The van der Waals surface area contributed by atoms with Gasteiger partial charge >= 0.3 is 5.97 Å². The van der Waals surface area contributed by atoms with Crippen LogP contribution in [0.2, 0.25) is 0 Å². The van der Waals surface area contributed by atoms with E-state index in [0.29, 0.717) is 32.4 Å². The Balaban J connectivity index is 2.05. The van der Waals surface area contributed by atoms with E-state index in [1.807, 2.05) is 13.8 Å². The molecule has 0 aromatic carbocycles. The fraction of sp³-hybridized carbons (Fsp3) is 0.750. The molecule has 3 heterocycles. The topological polar surface area (TPSA) is 87.2 Å². The zero-order valence-corrected chi connectivity index (χ0v) is 24.8. The van der Waals surface area contributed by atoms with Crippen LogP contribution in [0.5, 0.6) is 0 Å². The highest BCUT2D eigenvalue weighted by atomic mass is 79.9. The summed E-state index contributed by atoms with van der Waals surface area (Å²) in [6, 6.07) is -1.24. The van der Waals surface area contributed by atoms with Crippen LogP contribution < -0.4 is 0 Å². The third-order valence-electron chi connectivity index (χ3n) is 7.84. The molecule has 1 N–H and O–H groups in total. The second-order valence-electron chi connectivity index (χ2n) is 10.9. The van der Waals surface area contributed by atoms with Crippen molar-refractivity contribution in [3.63, 3.8) is 0 Å². The van der Waals surface area contributed by atoms with Gasteiger partial charge in [0.15, 0.2) is 0 Å². The zero-order chi connectivity index (χ0) is 27.3. The molecule has 0 saturated carbocycles. The van der Waals surface area contributed by atoms with Crippen LogP contribution in [0.15, 0.2) is 25.3 Å². The first kappa shape index (κ1) is 30.2. The molecule has 7 atom stereocenters. The van der Waals surface area contributed by atoms with Crippen molar-refractivity contribution >= 4 is 45.5 Å². The van der Waals surface area contributed by atoms with Gasteiger partial charge in [0.1, 0.15) is 6.04 Å². The van der Waals surface area contributed by atoms with Gasteiger partial charge in [0, 0.05) is 23.2 Å². The number of carbonyl (C=O) groups excluding carboxylic acids is 3. The number of alkyl halides is 1. The van der Waals surface area contributed by atoms with Gasteiger partial charge in [-0.25, -0.2) is 0 Å². The van der Waals surface area contributed by atoms with Gasteiger partial charge in [-0.2, -0.15) is 0 Å². The van der Waals surface area contributed by atoms with Crippen LogP contribution in [-0.4, -0.2) is 85.9 Å². The number of hydrogen-bond donors (Lipinski definition) is 1. The predicted octanol–water partition coefficient (Wildman–Crippen LogP) is 4.18. The van der Waals surface area contributed by atoms with Gasteiger partial charge < -0.3 is 19.6 Å². The number of likely N-dealkylation sites (tertiary alicyclic amines) is 1. The van der Waals surface area contributed by atoms with E-state index >= 15 is 0 Å². The molecule has 2 bridgehead atoms. The maximum atomic E-state index is 14.4. The Bertz CT molecular complexity index is 870. The third-order valence-corrected chi connectivity index (χ3v) is 11.1. The summed E-state index contributed by atoms with van der Waals surface area (Å²) >= 11 is 5.38. The average molecular weight is 600 g/mol. The van der Waals surface area contributed by atoms with Crippen molar-refractivity contribution in [2.24, 2.45) is 17.8 Å². The number of aliphatic hydroxyl groups is 1. The standard InChI is InChI=1S/C28H43BrN2O5S/c1-6-9-11-13-30(12-8-3)26(34)24-28-16-20(29)23(37-28)21(27(35)36-14-10-7-2)22(28)25(33)31(24)19(17-32)15-18(4)5/h7-8,18-24,32H,2-3,6,9-17H2,1,4-5H3/t19-,20?,21-,22+,23-,24?,28?/m1/s1. The monoisotopic (exact) mass is 598 g/mol. The minimum absolute atomic E-state index is 0.0145. The summed E-state index contributed by atoms with van der Waals surface area (Å²) in [7, 11) is 0. The molecule has 0 aromatic heterocycles. The number of ether oxygens (including phenoxy) is 1. The molecule has 0 radical (unpaired) electrons. The van der Waals surface area contributed by atoms with Gasteiger partial charge in [0.25, 0.3) is 0 Å². The molecule has 3 unspecified atom stereocenters. The average Bonchev–Trinajstić information content (AvgIpc) is 3.45. The van der Waals surface area contributed by atoms with Crippen molar-refractivity contribution in [1.82, 2.24) is 9.80 Å². The summed E-state index contributed by atoms with van der Waals surface area (Å²) in [5, 5.41) is 10.3. The zero-order valence-electron chi connectivity index (χ0n) is 22.4. The quantitative estimate of drug-likeness (QED) is 0.132. The Hall–Kier alpha value is -1.32. The third kappa shape index (κ3) is 5.83. The van der Waals surface area contributed by atoms with Crippen LogP contribution in [0, 0.1) is 17.8 Å². The SMILES string of the molecule is C=CCCOC(=O)[C@H]1[C@@H]2SC3(CC2Br)C(C(=O)N(CC=C)CCCCC)N([C@@H](CO)CC(C)C)C(=O)[C@H]13. The molecule has 3 fully saturated rings. The Labute approximate surface area is 234 Å². The second kappa shape index (κ2) is 13.2. The lowest BCUT2D eigenvalue weighted by atomic mass is 9.71. The molecule has 0 aliphatic carbocycles. The van der Waals surface area contributed by atoms with Crippen molar-refractivity contribution in [3.8, 4) is 0 Å². The second-order valence-corrected chi connectivity index (χ2v) is 13.6. The fourth-order valence-electron chi connectivity index (χ4n) is 6.34. The Kier molecular flexibility index (Phi) is 10.7. The van der Waals surface area contributed by atoms with Crippen LogP contribution in [0.25, 0.3) is 0 Å². The van der Waals surface area contributed by atoms with Crippen LogP contribution in [0.3, 0.4) is 0 Å². The molecular weight excluding hydrogens is 556 g/mol. The summed E-state index contributed by atoms with van der Waals surface area (Å²) in [6.07, 6.45) is 8.07. The molecule has 3 saturated heterocycles. The Morgan fingerprint density at radius 2 is 2.05 bits per heavy atom. The first-order chi connectivity index (χ1) is 17.7. The number of carbonyl (C=O) groups is 3.